The predicted octanol–water partition coefficient (Wildman–Crippen LogP) is 2.24. The first-order chi connectivity index (χ1) is 15.0. The molecular weight excluding hydrogens is 390 g/mol. The highest BCUT2D eigenvalue weighted by Gasteiger charge is 2.45. The van der Waals surface area contributed by atoms with Crippen LogP contribution in [0.1, 0.15) is 51.9 Å². The van der Waals surface area contributed by atoms with Gasteiger partial charge in [0.05, 0.1) is 36.4 Å². The van der Waals surface area contributed by atoms with E-state index in [0.29, 0.717) is 12.1 Å². The van der Waals surface area contributed by atoms with Crippen molar-refractivity contribution in [1.82, 2.24) is 29.6 Å². The third-order valence-corrected chi connectivity index (χ3v) is 7.11. The second kappa shape index (κ2) is 6.93. The van der Waals surface area contributed by atoms with Crippen molar-refractivity contribution >= 4 is 11.7 Å². The Morgan fingerprint density at radius 2 is 2.10 bits per heavy atom. The number of anilines is 1. The van der Waals surface area contributed by atoms with E-state index < -0.39 is 0 Å². The molecule has 0 spiro atoms. The van der Waals surface area contributed by atoms with E-state index >= 15 is 0 Å². The van der Waals surface area contributed by atoms with E-state index in [2.05, 4.69) is 39.4 Å². The van der Waals surface area contributed by atoms with E-state index in [0.717, 1.165) is 60.5 Å². The third-order valence-electron chi connectivity index (χ3n) is 7.11. The summed E-state index contributed by atoms with van der Waals surface area (Å²) >= 11 is 0. The number of pyridine rings is 1. The van der Waals surface area contributed by atoms with Crippen LogP contribution in [0.2, 0.25) is 0 Å². The average molecular weight is 418 g/mol. The third kappa shape index (κ3) is 3.30. The first-order valence-corrected chi connectivity index (χ1v) is 11.1. The van der Waals surface area contributed by atoms with Gasteiger partial charge in [-0.25, -0.2) is 9.97 Å². The molecule has 0 radical (unpaired) electrons. The van der Waals surface area contributed by atoms with Crippen LogP contribution in [0.5, 0.6) is 0 Å². The van der Waals surface area contributed by atoms with Crippen LogP contribution in [0.15, 0.2) is 30.9 Å². The maximum atomic E-state index is 12.8. The van der Waals surface area contributed by atoms with Gasteiger partial charge < -0.3 is 14.8 Å². The van der Waals surface area contributed by atoms with Gasteiger partial charge in [-0.05, 0) is 49.7 Å². The molecule has 3 aromatic rings. The van der Waals surface area contributed by atoms with Gasteiger partial charge in [0.25, 0.3) is 5.91 Å². The minimum Gasteiger partial charge on any atom is -0.356 e. The molecule has 2 unspecified atom stereocenters. The van der Waals surface area contributed by atoms with Gasteiger partial charge in [-0.3, -0.25) is 9.48 Å². The summed E-state index contributed by atoms with van der Waals surface area (Å²) in [6, 6.07) is 4.24. The van der Waals surface area contributed by atoms with E-state index in [-0.39, 0.29) is 11.9 Å². The number of fused-ring (bicyclic) bond motifs is 2. The summed E-state index contributed by atoms with van der Waals surface area (Å²) in [4.78, 5) is 24.5. The van der Waals surface area contributed by atoms with Crippen molar-refractivity contribution in [2.45, 2.75) is 38.8 Å². The number of aryl methyl sites for hydroxylation is 2. The lowest BCUT2D eigenvalue weighted by atomic mass is 10.2. The van der Waals surface area contributed by atoms with Crippen LogP contribution in [-0.4, -0.2) is 43.3 Å². The Balaban J connectivity index is 1.12. The second-order valence-corrected chi connectivity index (χ2v) is 9.25. The Bertz CT molecular complexity index is 1150. The van der Waals surface area contributed by atoms with Crippen LogP contribution >= 0.6 is 0 Å². The fourth-order valence-electron chi connectivity index (χ4n) is 5.12. The monoisotopic (exact) mass is 417 g/mol. The Hall–Kier alpha value is -3.16. The van der Waals surface area contributed by atoms with E-state index in [1.807, 2.05) is 28.8 Å². The molecule has 160 valence electrons. The molecule has 2 fully saturated rings. The number of carbonyl (C=O) groups excluding carboxylic acids is 1. The highest BCUT2D eigenvalue weighted by atomic mass is 16.1. The first kappa shape index (κ1) is 18.6. The lowest BCUT2D eigenvalue weighted by molar-refractivity contribution is 0.0936. The summed E-state index contributed by atoms with van der Waals surface area (Å²) in [5.74, 6) is 2.76. The van der Waals surface area contributed by atoms with Gasteiger partial charge in [0, 0.05) is 37.7 Å². The number of nitrogens with one attached hydrogen (secondary N) is 1. The molecule has 0 aromatic carbocycles. The van der Waals surface area contributed by atoms with Crippen molar-refractivity contribution in [2.24, 2.45) is 18.9 Å². The molecule has 0 bridgehead atoms. The number of aromatic nitrogens is 5. The normalized spacial score (nSPS) is 23.7. The van der Waals surface area contributed by atoms with E-state index in [1.165, 1.54) is 12.1 Å². The maximum Gasteiger partial charge on any atom is 0.255 e. The SMILES string of the molecule is Cc1nc(N2CC3CC3C2)ccc1Cn1cc(C(=O)N[C@@H]2CCc3c2ncn3C)cn1. The van der Waals surface area contributed by atoms with Gasteiger partial charge in [0.1, 0.15) is 5.82 Å². The number of nitrogens with zero attached hydrogens (tertiary/aromatic N) is 6. The molecule has 3 aliphatic rings. The number of rotatable bonds is 5. The highest BCUT2D eigenvalue weighted by Crippen LogP contribution is 2.45. The lowest BCUT2D eigenvalue weighted by Crippen LogP contribution is -2.27. The molecule has 31 heavy (non-hydrogen) atoms. The number of imidazole rings is 1. The Morgan fingerprint density at radius 1 is 1.26 bits per heavy atom. The lowest BCUT2D eigenvalue weighted by Gasteiger charge is -2.20. The molecule has 1 saturated carbocycles. The van der Waals surface area contributed by atoms with Gasteiger partial charge in [-0.15, -0.1) is 0 Å². The Labute approximate surface area is 181 Å². The molecule has 1 aliphatic heterocycles. The molecule has 8 heteroatoms. The zero-order chi connectivity index (χ0) is 21.1. The minimum absolute atomic E-state index is 0.0253. The van der Waals surface area contributed by atoms with E-state index in [1.54, 1.807) is 6.20 Å². The first-order valence-electron chi connectivity index (χ1n) is 11.1. The zero-order valence-corrected chi connectivity index (χ0v) is 18.0. The summed E-state index contributed by atoms with van der Waals surface area (Å²) < 4.78 is 3.85. The van der Waals surface area contributed by atoms with Crippen molar-refractivity contribution in [2.75, 3.05) is 18.0 Å². The summed E-state index contributed by atoms with van der Waals surface area (Å²) in [5, 5.41) is 7.52. The Kier molecular flexibility index (Phi) is 4.16. The molecule has 1 saturated heterocycles. The van der Waals surface area contributed by atoms with Crippen LogP contribution in [0.3, 0.4) is 0 Å². The molecule has 1 N–H and O–H groups in total. The summed E-state index contributed by atoms with van der Waals surface area (Å²) in [7, 11) is 2.00. The number of carbonyl (C=O) groups is 1. The van der Waals surface area contributed by atoms with Gasteiger partial charge in [-0.2, -0.15) is 5.10 Å². The second-order valence-electron chi connectivity index (χ2n) is 9.25. The quantitative estimate of drug-likeness (QED) is 0.689. The average Bonchev–Trinajstić information content (AvgIpc) is 3.22. The number of hydrogen-bond acceptors (Lipinski definition) is 5. The summed E-state index contributed by atoms with van der Waals surface area (Å²) in [6.45, 7) is 4.95. The molecule has 3 aromatic heterocycles. The fraction of sp³-hybridized carbons (Fsp3) is 0.478. The molecule has 3 atom stereocenters. The van der Waals surface area contributed by atoms with Crippen LogP contribution in [0, 0.1) is 18.8 Å². The minimum atomic E-state index is -0.104. The van der Waals surface area contributed by atoms with Gasteiger partial charge in [0.2, 0.25) is 0 Å². The molecule has 4 heterocycles. The van der Waals surface area contributed by atoms with E-state index in [4.69, 9.17) is 4.98 Å². The molecule has 1 amide bonds. The van der Waals surface area contributed by atoms with Crippen LogP contribution in [0.25, 0.3) is 0 Å². The van der Waals surface area contributed by atoms with Crippen molar-refractivity contribution in [3.05, 3.63) is 59.1 Å². The number of hydrogen-bond donors (Lipinski definition) is 1. The predicted molar refractivity (Wildman–Crippen MR) is 116 cm³/mol. The van der Waals surface area contributed by atoms with Crippen molar-refractivity contribution in [3.63, 3.8) is 0 Å². The standard InChI is InChI=1S/C23H27N7O/c1-14-15(3-6-21(26-14)29-9-16-7-17(16)10-29)11-30-12-18(8-25-30)23(31)27-19-4-5-20-22(19)24-13-28(20)2/h3,6,8,12-13,16-17,19H,4-5,7,9-11H2,1-2H3,(H,27,31)/t16?,17?,19-/m1/s1. The smallest absolute Gasteiger partial charge is 0.255 e. The zero-order valence-electron chi connectivity index (χ0n) is 18.0. The topological polar surface area (TPSA) is 80.9 Å². The molecule has 2 aliphatic carbocycles. The maximum absolute atomic E-state index is 12.8. The van der Waals surface area contributed by atoms with Gasteiger partial charge in [-0.1, -0.05) is 6.07 Å². The summed E-state index contributed by atoms with van der Waals surface area (Å²) in [5.41, 5.74) is 4.91. The summed E-state index contributed by atoms with van der Waals surface area (Å²) in [6.07, 6.45) is 8.49. The highest BCUT2D eigenvalue weighted by molar-refractivity contribution is 5.94. The van der Waals surface area contributed by atoms with Crippen molar-refractivity contribution < 1.29 is 4.79 Å². The Morgan fingerprint density at radius 3 is 2.90 bits per heavy atom. The molecule has 6 rings (SSSR count). The largest absolute Gasteiger partial charge is 0.356 e. The van der Waals surface area contributed by atoms with E-state index in [9.17, 15) is 4.79 Å². The number of amides is 1. The molecular formula is C23H27N7O. The fourth-order valence-corrected chi connectivity index (χ4v) is 5.12. The van der Waals surface area contributed by atoms with Crippen LogP contribution in [-0.2, 0) is 20.0 Å². The van der Waals surface area contributed by atoms with Gasteiger partial charge in [0.15, 0.2) is 0 Å². The van der Waals surface area contributed by atoms with Crippen molar-refractivity contribution in [1.29, 1.82) is 0 Å². The number of piperidine rings is 1. The van der Waals surface area contributed by atoms with Crippen LogP contribution in [0.4, 0.5) is 5.82 Å². The molecule has 8 nitrogen and oxygen atoms in total. The van der Waals surface area contributed by atoms with Gasteiger partial charge >= 0.3 is 0 Å². The van der Waals surface area contributed by atoms with Crippen LogP contribution < -0.4 is 10.2 Å². The van der Waals surface area contributed by atoms with Crippen molar-refractivity contribution in [3.8, 4) is 0 Å².